The number of amides is 2. The number of hydrogen-bond donors (Lipinski definition) is 1. The molecule has 0 bridgehead atoms. The first kappa shape index (κ1) is 27.1. The average Bonchev–Trinajstić information content (AvgIpc) is 2.80. The van der Waals surface area contributed by atoms with Gasteiger partial charge < -0.3 is 19.7 Å². The molecule has 0 heterocycles. The summed E-state index contributed by atoms with van der Waals surface area (Å²) in [6, 6.07) is 14.7. The summed E-state index contributed by atoms with van der Waals surface area (Å²) in [7, 11) is 0. The number of nitrogens with one attached hydrogen (secondary N) is 1. The van der Waals surface area contributed by atoms with Gasteiger partial charge in [-0.15, -0.1) is 11.6 Å². The number of nitriles is 1. The number of carbonyl (C=O) groups excluding carboxylic acids is 4. The standard InChI is InChI=1S/C23H21ClIN3O6/c1-14(29)33-20(22(31)27-18-7-3-16(13-26)4-8-18)21(34-15(2)30)23(32)28(12-11-24)19-9-5-17(25)6-10-19/h3-10,20-21H,11-12H2,1-2H3,(H,27,31)/t20-,21-/m1/s1. The lowest BCUT2D eigenvalue weighted by Gasteiger charge is -2.30. The van der Waals surface area contributed by atoms with Crippen molar-refractivity contribution in [1.29, 1.82) is 5.26 Å². The Labute approximate surface area is 215 Å². The van der Waals surface area contributed by atoms with Crippen molar-refractivity contribution in [3.05, 3.63) is 57.7 Å². The second-order valence-corrected chi connectivity index (χ2v) is 8.52. The Morgan fingerprint density at radius 1 is 1.00 bits per heavy atom. The monoisotopic (exact) mass is 597 g/mol. The molecule has 0 saturated heterocycles. The fourth-order valence-electron chi connectivity index (χ4n) is 2.92. The Balaban J connectivity index is 2.43. The number of ether oxygens (including phenoxy) is 2. The summed E-state index contributed by atoms with van der Waals surface area (Å²) in [5, 5.41) is 11.4. The van der Waals surface area contributed by atoms with E-state index in [9.17, 15) is 19.2 Å². The molecule has 0 aliphatic carbocycles. The van der Waals surface area contributed by atoms with Crippen LogP contribution in [0.4, 0.5) is 11.4 Å². The molecule has 34 heavy (non-hydrogen) atoms. The molecule has 2 aromatic carbocycles. The summed E-state index contributed by atoms with van der Waals surface area (Å²) in [5.41, 5.74) is 1.11. The van der Waals surface area contributed by atoms with Gasteiger partial charge >= 0.3 is 11.9 Å². The van der Waals surface area contributed by atoms with Crippen molar-refractivity contribution in [3.8, 4) is 6.07 Å². The minimum absolute atomic E-state index is 0.0444. The molecule has 2 amide bonds. The van der Waals surface area contributed by atoms with Crippen LogP contribution in [0.25, 0.3) is 0 Å². The molecule has 11 heteroatoms. The van der Waals surface area contributed by atoms with Gasteiger partial charge in [0.25, 0.3) is 11.8 Å². The molecule has 0 unspecified atom stereocenters. The molecule has 0 fully saturated rings. The molecule has 1 N–H and O–H groups in total. The van der Waals surface area contributed by atoms with Crippen LogP contribution in [0.3, 0.4) is 0 Å². The normalized spacial score (nSPS) is 12.0. The van der Waals surface area contributed by atoms with Crippen LogP contribution in [0, 0.1) is 14.9 Å². The van der Waals surface area contributed by atoms with Crippen LogP contribution in [0.15, 0.2) is 48.5 Å². The van der Waals surface area contributed by atoms with Gasteiger partial charge in [-0.05, 0) is 71.1 Å². The number of carbonyl (C=O) groups is 4. The highest BCUT2D eigenvalue weighted by Crippen LogP contribution is 2.21. The van der Waals surface area contributed by atoms with E-state index in [2.05, 4.69) is 27.9 Å². The van der Waals surface area contributed by atoms with Crippen LogP contribution in [0.1, 0.15) is 19.4 Å². The zero-order chi connectivity index (χ0) is 25.3. The van der Waals surface area contributed by atoms with E-state index in [1.807, 2.05) is 6.07 Å². The molecule has 0 aliphatic heterocycles. The fraction of sp³-hybridized carbons (Fsp3) is 0.261. The first-order valence-electron chi connectivity index (χ1n) is 9.94. The molecule has 9 nitrogen and oxygen atoms in total. The summed E-state index contributed by atoms with van der Waals surface area (Å²) >= 11 is 8.01. The van der Waals surface area contributed by atoms with E-state index in [4.69, 9.17) is 26.3 Å². The smallest absolute Gasteiger partial charge is 0.303 e. The van der Waals surface area contributed by atoms with Crippen LogP contribution in [0.2, 0.25) is 0 Å². The van der Waals surface area contributed by atoms with Gasteiger partial charge in [0, 0.05) is 41.2 Å². The van der Waals surface area contributed by atoms with Crippen LogP contribution in [-0.4, -0.2) is 48.4 Å². The maximum atomic E-state index is 13.5. The Hall–Kier alpha value is -3.17. The topological polar surface area (TPSA) is 126 Å². The third-order valence-electron chi connectivity index (χ3n) is 4.36. The van der Waals surface area contributed by atoms with Crippen molar-refractivity contribution in [2.24, 2.45) is 0 Å². The van der Waals surface area contributed by atoms with E-state index < -0.39 is 36.0 Å². The van der Waals surface area contributed by atoms with E-state index in [1.165, 1.54) is 29.2 Å². The van der Waals surface area contributed by atoms with Gasteiger partial charge in [0.1, 0.15) is 0 Å². The van der Waals surface area contributed by atoms with Crippen LogP contribution in [-0.2, 0) is 28.7 Å². The highest BCUT2D eigenvalue weighted by molar-refractivity contribution is 14.1. The largest absolute Gasteiger partial charge is 0.448 e. The lowest BCUT2D eigenvalue weighted by atomic mass is 10.1. The van der Waals surface area contributed by atoms with Crippen LogP contribution >= 0.6 is 34.2 Å². The maximum Gasteiger partial charge on any atom is 0.303 e. The molecule has 2 aromatic rings. The second kappa shape index (κ2) is 12.9. The SMILES string of the molecule is CC(=O)O[C@@H](C(=O)Nc1ccc(C#N)cc1)[C@@H](OC(C)=O)C(=O)N(CCCl)c1ccc(I)cc1. The van der Waals surface area contributed by atoms with Crippen molar-refractivity contribution in [2.45, 2.75) is 26.1 Å². The Morgan fingerprint density at radius 3 is 2.06 bits per heavy atom. The van der Waals surface area contributed by atoms with Gasteiger partial charge in [-0.25, -0.2) is 0 Å². The molecule has 178 valence electrons. The molecule has 0 saturated carbocycles. The lowest BCUT2D eigenvalue weighted by Crippen LogP contribution is -2.53. The first-order valence-corrected chi connectivity index (χ1v) is 11.6. The lowest BCUT2D eigenvalue weighted by molar-refractivity contribution is -0.172. The molecule has 0 aliphatic rings. The van der Waals surface area contributed by atoms with Crippen molar-refractivity contribution in [2.75, 3.05) is 22.6 Å². The molecule has 2 rings (SSSR count). The predicted octanol–water partition coefficient (Wildman–Crippen LogP) is 3.24. The molecule has 0 aromatic heterocycles. The third-order valence-corrected chi connectivity index (χ3v) is 5.24. The Morgan fingerprint density at radius 2 is 1.56 bits per heavy atom. The van der Waals surface area contributed by atoms with E-state index in [0.717, 1.165) is 17.4 Å². The van der Waals surface area contributed by atoms with E-state index >= 15 is 0 Å². The number of hydrogen-bond acceptors (Lipinski definition) is 7. The number of esters is 2. The number of benzene rings is 2. The number of rotatable bonds is 9. The van der Waals surface area contributed by atoms with Gasteiger partial charge in [-0.1, -0.05) is 0 Å². The van der Waals surface area contributed by atoms with E-state index in [0.29, 0.717) is 11.3 Å². The van der Waals surface area contributed by atoms with Crippen molar-refractivity contribution in [3.63, 3.8) is 0 Å². The number of alkyl halides is 1. The minimum Gasteiger partial charge on any atom is -0.448 e. The first-order chi connectivity index (χ1) is 16.2. The second-order valence-electron chi connectivity index (χ2n) is 6.89. The Bertz CT molecular complexity index is 1090. The van der Waals surface area contributed by atoms with Gasteiger partial charge in [0.15, 0.2) is 0 Å². The minimum atomic E-state index is -1.79. The molecule has 0 radical (unpaired) electrons. The Kier molecular flexibility index (Phi) is 10.3. The van der Waals surface area contributed by atoms with E-state index in [-0.39, 0.29) is 18.1 Å². The maximum absolute atomic E-state index is 13.5. The van der Waals surface area contributed by atoms with Gasteiger partial charge in [0.2, 0.25) is 12.2 Å². The van der Waals surface area contributed by atoms with Crippen molar-refractivity contribution in [1.82, 2.24) is 0 Å². The van der Waals surface area contributed by atoms with Crippen molar-refractivity contribution >= 4 is 69.3 Å². The zero-order valence-electron chi connectivity index (χ0n) is 18.3. The summed E-state index contributed by atoms with van der Waals surface area (Å²) in [5.74, 6) is -3.34. The van der Waals surface area contributed by atoms with Crippen LogP contribution in [0.5, 0.6) is 0 Å². The summed E-state index contributed by atoms with van der Waals surface area (Å²) in [4.78, 5) is 51.4. The molecule has 2 atom stereocenters. The number of nitrogens with zero attached hydrogens (tertiary/aromatic N) is 2. The predicted molar refractivity (Wildman–Crippen MR) is 133 cm³/mol. The summed E-state index contributed by atoms with van der Waals surface area (Å²) in [6.07, 6.45) is -3.56. The van der Waals surface area contributed by atoms with E-state index in [1.54, 1.807) is 24.3 Å². The van der Waals surface area contributed by atoms with Gasteiger partial charge in [-0.2, -0.15) is 5.26 Å². The molecule has 0 spiro atoms. The zero-order valence-corrected chi connectivity index (χ0v) is 21.2. The quantitative estimate of drug-likeness (QED) is 0.267. The van der Waals surface area contributed by atoms with Crippen LogP contribution < -0.4 is 10.2 Å². The highest BCUT2D eigenvalue weighted by atomic mass is 127. The molecular formula is C23H21ClIN3O6. The molecular weight excluding hydrogens is 577 g/mol. The average molecular weight is 598 g/mol. The fourth-order valence-corrected chi connectivity index (χ4v) is 3.45. The van der Waals surface area contributed by atoms with Crippen molar-refractivity contribution < 1.29 is 28.7 Å². The van der Waals surface area contributed by atoms with Gasteiger partial charge in [0.05, 0.1) is 11.6 Å². The number of anilines is 2. The third kappa shape index (κ3) is 7.71. The summed E-state index contributed by atoms with van der Waals surface area (Å²) in [6.45, 7) is 2.18. The van der Waals surface area contributed by atoms with Gasteiger partial charge in [-0.3, -0.25) is 19.2 Å². The number of halogens is 2. The summed E-state index contributed by atoms with van der Waals surface area (Å²) < 4.78 is 11.2. The highest BCUT2D eigenvalue weighted by Gasteiger charge is 2.42.